The van der Waals surface area contributed by atoms with Gasteiger partial charge in [0.15, 0.2) is 5.43 Å². The van der Waals surface area contributed by atoms with Crippen molar-refractivity contribution in [2.75, 3.05) is 11.5 Å². The number of rotatable bonds is 6. The van der Waals surface area contributed by atoms with E-state index in [0.717, 1.165) is 46.5 Å². The summed E-state index contributed by atoms with van der Waals surface area (Å²) < 4.78 is 12.0. The fourth-order valence-electron chi connectivity index (χ4n) is 4.60. The zero-order valence-electron chi connectivity index (χ0n) is 20.6. The highest BCUT2D eigenvalue weighted by molar-refractivity contribution is 6.10. The summed E-state index contributed by atoms with van der Waals surface area (Å²) in [6.45, 7) is 8.72. The topological polar surface area (TPSA) is 59.8 Å². The summed E-state index contributed by atoms with van der Waals surface area (Å²) in [5.74, 6) is 0.569. The van der Waals surface area contributed by atoms with Crippen LogP contribution >= 0.6 is 0 Å². The van der Waals surface area contributed by atoms with Gasteiger partial charge in [0.1, 0.15) is 11.3 Å². The second kappa shape index (κ2) is 9.06. The molecule has 178 valence electrons. The molecule has 3 aromatic carbocycles. The summed E-state index contributed by atoms with van der Waals surface area (Å²) in [6, 6.07) is 18.5. The van der Waals surface area contributed by atoms with E-state index in [9.17, 15) is 9.59 Å². The number of anilines is 1. The Morgan fingerprint density at radius 2 is 1.60 bits per heavy atom. The quantitative estimate of drug-likeness (QED) is 0.298. The number of nitrogens with zero attached hydrogens (tertiary/aromatic N) is 1. The van der Waals surface area contributed by atoms with E-state index in [2.05, 4.69) is 6.92 Å². The van der Waals surface area contributed by atoms with Crippen LogP contribution in [-0.2, 0) is 0 Å². The minimum atomic E-state index is -0.591. The van der Waals surface area contributed by atoms with Crippen molar-refractivity contribution in [2.24, 2.45) is 0 Å². The predicted octanol–water partition coefficient (Wildman–Crippen LogP) is 6.65. The van der Waals surface area contributed by atoms with Gasteiger partial charge in [0.25, 0.3) is 5.91 Å². The van der Waals surface area contributed by atoms with Crippen molar-refractivity contribution in [1.29, 1.82) is 0 Å². The van der Waals surface area contributed by atoms with E-state index in [1.54, 1.807) is 4.90 Å². The van der Waals surface area contributed by atoms with Crippen LogP contribution in [0.3, 0.4) is 0 Å². The fraction of sp³-hybridized carbons (Fsp3) is 0.267. The predicted molar refractivity (Wildman–Crippen MR) is 139 cm³/mol. The molecule has 4 aromatic rings. The molecule has 35 heavy (non-hydrogen) atoms. The van der Waals surface area contributed by atoms with Crippen LogP contribution in [0, 0.1) is 20.8 Å². The van der Waals surface area contributed by atoms with Crippen molar-refractivity contribution in [3.63, 3.8) is 0 Å². The normalized spacial score (nSPS) is 15.0. The van der Waals surface area contributed by atoms with Crippen LogP contribution in [0.15, 0.2) is 69.9 Å². The maximum absolute atomic E-state index is 13.8. The third-order valence-corrected chi connectivity index (χ3v) is 6.76. The minimum absolute atomic E-state index is 0.111. The van der Waals surface area contributed by atoms with Gasteiger partial charge in [-0.1, -0.05) is 43.2 Å². The third-order valence-electron chi connectivity index (χ3n) is 6.76. The first-order valence-electron chi connectivity index (χ1n) is 12.1. The van der Waals surface area contributed by atoms with Crippen LogP contribution in [0.25, 0.3) is 11.0 Å². The molecule has 0 aliphatic carbocycles. The van der Waals surface area contributed by atoms with Crippen LogP contribution < -0.4 is 15.1 Å². The lowest BCUT2D eigenvalue weighted by Gasteiger charge is -2.25. The summed E-state index contributed by atoms with van der Waals surface area (Å²) >= 11 is 0. The number of carbonyl (C=O) groups is 1. The monoisotopic (exact) mass is 467 g/mol. The molecule has 2 heterocycles. The van der Waals surface area contributed by atoms with E-state index in [1.807, 2.05) is 81.4 Å². The number of ether oxygens (including phenoxy) is 1. The van der Waals surface area contributed by atoms with Crippen molar-refractivity contribution in [3.8, 4) is 5.75 Å². The Balaban J connectivity index is 1.68. The van der Waals surface area contributed by atoms with Gasteiger partial charge in [-0.05, 0) is 80.3 Å². The average molecular weight is 468 g/mol. The molecular weight excluding hydrogens is 438 g/mol. The number of hydrogen-bond donors (Lipinski definition) is 0. The van der Waals surface area contributed by atoms with Gasteiger partial charge in [0.2, 0.25) is 5.76 Å². The molecule has 1 aliphatic rings. The Labute approximate surface area is 205 Å². The zero-order valence-corrected chi connectivity index (χ0v) is 20.6. The lowest BCUT2D eigenvalue weighted by atomic mass is 9.97. The number of hydrogen-bond acceptors (Lipinski definition) is 4. The largest absolute Gasteiger partial charge is 0.494 e. The molecule has 1 aliphatic heterocycles. The zero-order chi connectivity index (χ0) is 24.7. The highest BCUT2D eigenvalue weighted by Crippen LogP contribution is 2.41. The van der Waals surface area contributed by atoms with E-state index in [4.69, 9.17) is 9.15 Å². The van der Waals surface area contributed by atoms with Crippen molar-refractivity contribution in [3.05, 3.63) is 104 Å². The van der Waals surface area contributed by atoms with Gasteiger partial charge in [0.05, 0.1) is 23.6 Å². The maximum Gasteiger partial charge on any atom is 0.295 e. The summed E-state index contributed by atoms with van der Waals surface area (Å²) in [6.07, 6.45) is 2.05. The van der Waals surface area contributed by atoms with Gasteiger partial charge in [-0.3, -0.25) is 14.5 Å². The van der Waals surface area contributed by atoms with Gasteiger partial charge in [-0.2, -0.15) is 0 Å². The SMILES string of the molecule is CCCCOc1ccc(C2c3c(oc4cc(C)c(C)cc4c3=O)C(=O)N2c2ccc(C)cc2)cc1. The molecule has 1 aromatic heterocycles. The summed E-state index contributed by atoms with van der Waals surface area (Å²) in [5.41, 5.74) is 5.31. The van der Waals surface area contributed by atoms with Crippen molar-refractivity contribution < 1.29 is 13.9 Å². The number of aryl methyl sites for hydroxylation is 3. The molecule has 0 fully saturated rings. The Morgan fingerprint density at radius 3 is 2.29 bits per heavy atom. The molecule has 0 saturated carbocycles. The van der Waals surface area contributed by atoms with E-state index in [-0.39, 0.29) is 17.1 Å². The first kappa shape index (κ1) is 22.9. The first-order valence-corrected chi connectivity index (χ1v) is 12.1. The van der Waals surface area contributed by atoms with Gasteiger partial charge in [-0.15, -0.1) is 0 Å². The molecule has 1 unspecified atom stereocenters. The summed E-state index contributed by atoms with van der Waals surface area (Å²) in [5, 5.41) is 0.495. The Hall–Kier alpha value is -3.86. The molecular formula is C30H29NO4. The maximum atomic E-state index is 13.8. The summed E-state index contributed by atoms with van der Waals surface area (Å²) in [4.78, 5) is 29.2. The molecule has 1 atom stereocenters. The number of carbonyl (C=O) groups excluding carboxylic acids is 1. The molecule has 0 radical (unpaired) electrons. The summed E-state index contributed by atoms with van der Waals surface area (Å²) in [7, 11) is 0. The van der Waals surface area contributed by atoms with Crippen LogP contribution in [0.5, 0.6) is 5.75 Å². The molecule has 0 saturated heterocycles. The smallest absolute Gasteiger partial charge is 0.295 e. The lowest BCUT2D eigenvalue weighted by molar-refractivity contribution is 0.0971. The Morgan fingerprint density at radius 1 is 0.914 bits per heavy atom. The van der Waals surface area contributed by atoms with Crippen LogP contribution in [0.1, 0.15) is 64.2 Å². The Kier molecular flexibility index (Phi) is 5.93. The van der Waals surface area contributed by atoms with Gasteiger partial charge in [-0.25, -0.2) is 0 Å². The molecule has 0 N–H and O–H groups in total. The highest BCUT2D eigenvalue weighted by atomic mass is 16.5. The number of benzene rings is 3. The molecule has 1 amide bonds. The minimum Gasteiger partial charge on any atom is -0.494 e. The van der Waals surface area contributed by atoms with Crippen molar-refractivity contribution >= 4 is 22.6 Å². The average Bonchev–Trinajstić information content (AvgIpc) is 3.14. The highest BCUT2D eigenvalue weighted by Gasteiger charge is 2.43. The number of amides is 1. The molecule has 0 bridgehead atoms. The van der Waals surface area contributed by atoms with Gasteiger partial charge >= 0.3 is 0 Å². The van der Waals surface area contributed by atoms with Crippen LogP contribution in [-0.4, -0.2) is 12.5 Å². The molecule has 5 heteroatoms. The second-order valence-electron chi connectivity index (χ2n) is 9.29. The van der Waals surface area contributed by atoms with Gasteiger partial charge < -0.3 is 9.15 Å². The number of fused-ring (bicyclic) bond motifs is 2. The van der Waals surface area contributed by atoms with E-state index >= 15 is 0 Å². The van der Waals surface area contributed by atoms with Crippen LogP contribution in [0.2, 0.25) is 0 Å². The Bertz CT molecular complexity index is 1470. The van der Waals surface area contributed by atoms with Crippen LogP contribution in [0.4, 0.5) is 5.69 Å². The molecule has 0 spiro atoms. The molecule has 5 rings (SSSR count). The second-order valence-corrected chi connectivity index (χ2v) is 9.29. The lowest BCUT2D eigenvalue weighted by Crippen LogP contribution is -2.29. The van der Waals surface area contributed by atoms with Gasteiger partial charge in [0, 0.05) is 5.69 Å². The molecule has 5 nitrogen and oxygen atoms in total. The van der Waals surface area contributed by atoms with E-state index in [0.29, 0.717) is 23.1 Å². The fourth-order valence-corrected chi connectivity index (χ4v) is 4.60. The first-order chi connectivity index (χ1) is 16.9. The van der Waals surface area contributed by atoms with E-state index in [1.165, 1.54) is 0 Å². The standard InChI is InChI=1S/C30H29NO4/c1-5-6-15-34-23-13-9-21(10-14-23)27-26-28(32)24-16-19(3)20(4)17-25(24)35-29(26)30(33)31(27)22-11-7-18(2)8-12-22/h7-14,16-17,27H,5-6,15H2,1-4H3. The number of unbranched alkanes of at least 4 members (excludes halogenated alkanes) is 1. The van der Waals surface area contributed by atoms with E-state index < -0.39 is 6.04 Å². The third kappa shape index (κ3) is 4.01. The van der Waals surface area contributed by atoms with Crippen molar-refractivity contribution in [1.82, 2.24) is 0 Å². The van der Waals surface area contributed by atoms with Crippen molar-refractivity contribution in [2.45, 2.75) is 46.6 Å².